The lowest BCUT2D eigenvalue weighted by atomic mass is 10.1. The van der Waals surface area contributed by atoms with Gasteiger partial charge in [-0.25, -0.2) is 8.42 Å². The molecule has 1 aromatic rings. The summed E-state index contributed by atoms with van der Waals surface area (Å²) in [7, 11) is -3.46. The normalized spacial score (nSPS) is 17.2. The third kappa shape index (κ3) is 5.79. The monoisotopic (exact) mass is 388 g/mol. The molecule has 1 atom stereocenters. The molecular weight excluding hydrogens is 364 g/mol. The minimum absolute atomic E-state index is 0.00247. The van der Waals surface area contributed by atoms with E-state index in [0.29, 0.717) is 18.0 Å². The Kier molecular flexibility index (Phi) is 6.97. The van der Waals surface area contributed by atoms with Gasteiger partial charge in [0.1, 0.15) is 4.21 Å². The van der Waals surface area contributed by atoms with Crippen LogP contribution in [-0.2, 0) is 26.0 Å². The van der Waals surface area contributed by atoms with Crippen LogP contribution in [0.25, 0.3) is 0 Å². The molecule has 0 radical (unpaired) electrons. The second-order valence-corrected chi connectivity index (χ2v) is 9.70. The summed E-state index contributed by atoms with van der Waals surface area (Å²) < 4.78 is 27.0. The quantitative estimate of drug-likeness (QED) is 0.705. The molecule has 1 aliphatic rings. The number of hydrogen-bond donors (Lipinski definition) is 2. The van der Waals surface area contributed by atoms with E-state index in [1.165, 1.54) is 4.31 Å². The SMILES string of the molecule is CC(CNC(=O)Cc1ccc(S(=O)(=O)N2CCCCC2)s1)CC(=O)O. The number of carboxylic acids is 1. The van der Waals surface area contributed by atoms with Gasteiger partial charge in [0.15, 0.2) is 0 Å². The number of carbonyl (C=O) groups is 2. The second kappa shape index (κ2) is 8.77. The maximum absolute atomic E-state index is 12.6. The lowest BCUT2D eigenvalue weighted by Crippen LogP contribution is -2.35. The smallest absolute Gasteiger partial charge is 0.303 e. The first kappa shape index (κ1) is 19.9. The summed E-state index contributed by atoms with van der Waals surface area (Å²) in [6.45, 7) is 3.15. The number of hydrogen-bond acceptors (Lipinski definition) is 5. The van der Waals surface area contributed by atoms with Gasteiger partial charge in [0.25, 0.3) is 10.0 Å². The van der Waals surface area contributed by atoms with Gasteiger partial charge < -0.3 is 10.4 Å². The zero-order valence-corrected chi connectivity index (χ0v) is 15.9. The fourth-order valence-corrected chi connectivity index (χ4v) is 5.73. The van der Waals surface area contributed by atoms with Gasteiger partial charge in [0.05, 0.1) is 6.42 Å². The lowest BCUT2D eigenvalue weighted by molar-refractivity contribution is -0.138. The van der Waals surface area contributed by atoms with E-state index in [0.717, 1.165) is 30.6 Å². The molecule has 25 heavy (non-hydrogen) atoms. The van der Waals surface area contributed by atoms with E-state index in [9.17, 15) is 18.0 Å². The Morgan fingerprint density at radius 1 is 1.28 bits per heavy atom. The van der Waals surface area contributed by atoms with E-state index in [1.807, 2.05) is 0 Å². The summed E-state index contributed by atoms with van der Waals surface area (Å²) >= 11 is 1.12. The van der Waals surface area contributed by atoms with Gasteiger partial charge in [-0.15, -0.1) is 11.3 Å². The highest BCUT2D eigenvalue weighted by Crippen LogP contribution is 2.27. The molecule has 2 rings (SSSR count). The number of carboxylic acid groups (broad SMARTS) is 1. The fourth-order valence-electron chi connectivity index (χ4n) is 2.70. The van der Waals surface area contributed by atoms with E-state index in [4.69, 9.17) is 5.11 Å². The van der Waals surface area contributed by atoms with Crippen LogP contribution in [0.15, 0.2) is 16.3 Å². The van der Waals surface area contributed by atoms with Crippen LogP contribution >= 0.6 is 11.3 Å². The molecule has 1 saturated heterocycles. The first-order valence-electron chi connectivity index (χ1n) is 8.36. The van der Waals surface area contributed by atoms with Crippen LogP contribution in [-0.4, -0.2) is 49.3 Å². The van der Waals surface area contributed by atoms with Crippen molar-refractivity contribution in [3.05, 3.63) is 17.0 Å². The zero-order chi connectivity index (χ0) is 18.4. The van der Waals surface area contributed by atoms with Crippen molar-refractivity contribution in [2.24, 2.45) is 5.92 Å². The molecule has 1 aliphatic heterocycles. The van der Waals surface area contributed by atoms with Gasteiger partial charge in [-0.1, -0.05) is 13.3 Å². The van der Waals surface area contributed by atoms with Crippen LogP contribution in [0, 0.1) is 5.92 Å². The van der Waals surface area contributed by atoms with Crippen LogP contribution in [0.2, 0.25) is 0 Å². The number of thiophene rings is 1. The number of carbonyl (C=O) groups excluding carboxylic acids is 1. The molecule has 140 valence electrons. The molecule has 2 heterocycles. The molecule has 1 unspecified atom stereocenters. The fraction of sp³-hybridized carbons (Fsp3) is 0.625. The van der Waals surface area contributed by atoms with Crippen LogP contribution in [0.4, 0.5) is 0 Å². The number of sulfonamides is 1. The van der Waals surface area contributed by atoms with Gasteiger partial charge in [-0.2, -0.15) is 4.31 Å². The highest BCUT2D eigenvalue weighted by molar-refractivity contribution is 7.91. The third-order valence-electron chi connectivity index (χ3n) is 4.05. The molecule has 0 bridgehead atoms. The summed E-state index contributed by atoms with van der Waals surface area (Å²) in [5.74, 6) is -1.28. The Morgan fingerprint density at radius 3 is 2.60 bits per heavy atom. The summed E-state index contributed by atoms with van der Waals surface area (Å²) in [4.78, 5) is 23.2. The van der Waals surface area contributed by atoms with Crippen molar-refractivity contribution < 1.29 is 23.1 Å². The second-order valence-electron chi connectivity index (χ2n) is 6.37. The number of aliphatic carboxylic acids is 1. The van der Waals surface area contributed by atoms with E-state index in [2.05, 4.69) is 5.32 Å². The predicted octanol–water partition coefficient (Wildman–Crippen LogP) is 1.69. The largest absolute Gasteiger partial charge is 0.481 e. The van der Waals surface area contributed by atoms with Crippen molar-refractivity contribution in [2.45, 2.75) is 43.2 Å². The van der Waals surface area contributed by atoms with Gasteiger partial charge >= 0.3 is 5.97 Å². The van der Waals surface area contributed by atoms with Gasteiger partial charge in [0.2, 0.25) is 5.91 Å². The van der Waals surface area contributed by atoms with Crippen molar-refractivity contribution in [3.8, 4) is 0 Å². The third-order valence-corrected chi connectivity index (χ3v) is 7.50. The van der Waals surface area contributed by atoms with Crippen molar-refractivity contribution in [1.82, 2.24) is 9.62 Å². The molecule has 9 heteroatoms. The summed E-state index contributed by atoms with van der Waals surface area (Å²) in [6.07, 6.45) is 2.92. The molecule has 0 spiro atoms. The minimum atomic E-state index is -3.46. The number of amides is 1. The zero-order valence-electron chi connectivity index (χ0n) is 14.2. The summed E-state index contributed by atoms with van der Waals surface area (Å²) in [5.41, 5.74) is 0. The van der Waals surface area contributed by atoms with E-state index in [1.54, 1.807) is 19.1 Å². The maximum atomic E-state index is 12.6. The topological polar surface area (TPSA) is 104 Å². The number of nitrogens with zero attached hydrogens (tertiary/aromatic N) is 1. The van der Waals surface area contributed by atoms with Gasteiger partial charge in [-0.3, -0.25) is 9.59 Å². The highest BCUT2D eigenvalue weighted by atomic mass is 32.2. The summed E-state index contributed by atoms with van der Waals surface area (Å²) in [5, 5.41) is 11.4. The molecule has 0 aromatic carbocycles. The predicted molar refractivity (Wildman–Crippen MR) is 95.1 cm³/mol. The highest BCUT2D eigenvalue weighted by Gasteiger charge is 2.27. The van der Waals surface area contributed by atoms with E-state index >= 15 is 0 Å². The standard InChI is InChI=1S/C16H24N2O5S2/c1-12(9-15(20)21)11-17-14(19)10-13-5-6-16(24-13)25(22,23)18-7-3-2-4-8-18/h5-6,12H,2-4,7-11H2,1H3,(H,17,19)(H,20,21). The number of rotatable bonds is 8. The first-order valence-corrected chi connectivity index (χ1v) is 10.6. The average molecular weight is 389 g/mol. The van der Waals surface area contributed by atoms with Crippen molar-refractivity contribution in [1.29, 1.82) is 0 Å². The van der Waals surface area contributed by atoms with Crippen molar-refractivity contribution in [3.63, 3.8) is 0 Å². The van der Waals surface area contributed by atoms with Crippen LogP contribution in [0.5, 0.6) is 0 Å². The van der Waals surface area contributed by atoms with E-state index < -0.39 is 16.0 Å². The summed E-state index contributed by atoms with van der Waals surface area (Å²) in [6, 6.07) is 3.23. The number of piperidine rings is 1. The van der Waals surface area contributed by atoms with Gasteiger partial charge in [-0.05, 0) is 30.9 Å². The Morgan fingerprint density at radius 2 is 1.96 bits per heavy atom. The number of nitrogens with one attached hydrogen (secondary N) is 1. The van der Waals surface area contributed by atoms with Crippen LogP contribution in [0.1, 0.15) is 37.5 Å². The van der Waals surface area contributed by atoms with Crippen LogP contribution < -0.4 is 5.32 Å². The van der Waals surface area contributed by atoms with Crippen molar-refractivity contribution >= 4 is 33.2 Å². The molecule has 7 nitrogen and oxygen atoms in total. The Bertz CT molecular complexity index is 708. The molecule has 1 fully saturated rings. The molecule has 2 N–H and O–H groups in total. The van der Waals surface area contributed by atoms with Gasteiger partial charge in [0, 0.05) is 30.9 Å². The first-order chi connectivity index (χ1) is 11.8. The van der Waals surface area contributed by atoms with Crippen LogP contribution in [0.3, 0.4) is 0 Å². The Balaban J connectivity index is 1.90. The molecular formula is C16H24N2O5S2. The van der Waals surface area contributed by atoms with Crippen molar-refractivity contribution in [2.75, 3.05) is 19.6 Å². The molecule has 1 amide bonds. The molecule has 1 aromatic heterocycles. The minimum Gasteiger partial charge on any atom is -0.481 e. The van der Waals surface area contributed by atoms with E-state index in [-0.39, 0.29) is 35.4 Å². The Hall–Kier alpha value is -1.45. The maximum Gasteiger partial charge on any atom is 0.303 e. The Labute approximate surface area is 152 Å². The molecule has 0 saturated carbocycles. The average Bonchev–Trinajstić information content (AvgIpc) is 3.02. The lowest BCUT2D eigenvalue weighted by Gasteiger charge is -2.25. The molecule has 0 aliphatic carbocycles.